The number of imidazole rings is 1. The van der Waals surface area contributed by atoms with Gasteiger partial charge in [-0.1, -0.05) is 114 Å². The number of aromatic nitrogens is 5. The van der Waals surface area contributed by atoms with E-state index < -0.39 is 35.7 Å². The lowest BCUT2D eigenvalue weighted by molar-refractivity contribution is -0.192. The van der Waals surface area contributed by atoms with Gasteiger partial charge in [-0.25, -0.2) is 24.7 Å². The molecule has 1 aliphatic heterocycles. The van der Waals surface area contributed by atoms with Crippen molar-refractivity contribution >= 4 is 57.9 Å². The van der Waals surface area contributed by atoms with E-state index in [2.05, 4.69) is 56.3 Å². The third-order valence-electron chi connectivity index (χ3n) is 16.3. The minimum atomic E-state index is -5.08. The van der Waals surface area contributed by atoms with Crippen LogP contribution in [0.3, 0.4) is 0 Å². The third-order valence-corrected chi connectivity index (χ3v) is 17.3. The molecule has 88 heavy (non-hydrogen) atoms. The van der Waals surface area contributed by atoms with E-state index in [1.807, 2.05) is 111 Å². The highest BCUT2D eigenvalue weighted by molar-refractivity contribution is 7.13. The van der Waals surface area contributed by atoms with E-state index in [0.717, 1.165) is 125 Å². The lowest BCUT2D eigenvalue weighted by Crippen LogP contribution is -2.57. The van der Waals surface area contributed by atoms with E-state index >= 15 is 0 Å². The van der Waals surface area contributed by atoms with Crippen LogP contribution in [0.1, 0.15) is 146 Å². The van der Waals surface area contributed by atoms with Crippen LogP contribution in [0.4, 0.5) is 19.0 Å². The number of aliphatic carboxylic acids is 1. The Balaban J connectivity index is 0.00000135. The number of aliphatic hydroxyl groups excluding tert-OH is 1. The normalized spacial score (nSPS) is 16.2. The molecular weight excluding hydrogens is 1150 g/mol. The number of nitrogen functional groups attached to an aromatic ring is 1. The van der Waals surface area contributed by atoms with Gasteiger partial charge in [-0.15, -0.1) is 11.3 Å². The lowest BCUT2D eigenvalue weighted by atomic mass is 9.73. The van der Waals surface area contributed by atoms with Crippen LogP contribution in [-0.2, 0) is 35.9 Å². The number of hydrogen-bond donors (Lipinski definition) is 7. The highest BCUT2D eigenvalue weighted by Crippen LogP contribution is 2.40. The quantitative estimate of drug-likeness (QED) is 0.0278. The number of β-amino-alcohol motifs (C(OH)–C–C–N with tert-alkyl or cyclic N) is 1. The number of fused-ring (bicyclic) bond motifs is 1. The summed E-state index contributed by atoms with van der Waals surface area (Å²) in [6.45, 7) is 10.2. The number of hydrogen-bond acceptors (Lipinski definition) is 13. The minimum Gasteiger partial charge on any atom is -0.475 e. The van der Waals surface area contributed by atoms with Crippen LogP contribution in [0.15, 0.2) is 109 Å². The summed E-state index contributed by atoms with van der Waals surface area (Å²) in [7, 11) is 0. The number of nitrogens with one attached hydrogen (secondary N) is 3. The molecule has 468 valence electrons. The summed E-state index contributed by atoms with van der Waals surface area (Å²) in [5.41, 5.74) is 23.9. The Labute approximate surface area is 515 Å². The molecule has 2 aliphatic rings. The first-order valence-corrected chi connectivity index (χ1v) is 31.0. The van der Waals surface area contributed by atoms with Gasteiger partial charge in [0.15, 0.2) is 11.5 Å². The molecule has 9 rings (SSSR count). The number of alkyl halides is 3. The first kappa shape index (κ1) is 65.9. The molecule has 4 aromatic heterocycles. The molecule has 22 heteroatoms. The number of aliphatic hydroxyl groups is 1. The fraction of sp³-hybridized carbons (Fsp3) is 0.439. The number of halogens is 3. The maximum atomic E-state index is 14.1. The molecule has 2 fully saturated rings. The SMILES string of the molecule is Cc1ncsc1-c1ccc([C@H](C)NC(=O)[C@@H]2C[C@@H](O)CN2C(=O)[C@@H](NC(=O)CCCCCCCCCCNC(=O)CCc2cccc(-c3ccc4nc(-c5cccnc5N)n(-c5ccc(C6(N)CCC6)cc5)c4n3)c2)C(C)(C)C)cc1.O=C(O)C(F)(F)F. The number of carbonyl (C=O) groups is 5. The number of nitrogens with zero attached hydrogens (tertiary/aromatic N) is 6. The summed E-state index contributed by atoms with van der Waals surface area (Å²) in [4.78, 5) is 84.4. The van der Waals surface area contributed by atoms with E-state index in [-0.39, 0.29) is 48.2 Å². The maximum Gasteiger partial charge on any atom is 0.490 e. The van der Waals surface area contributed by atoms with Crippen molar-refractivity contribution in [3.63, 3.8) is 0 Å². The molecular formula is C66H80F3N11O7S. The van der Waals surface area contributed by atoms with Crippen molar-refractivity contribution in [3.05, 3.63) is 131 Å². The zero-order chi connectivity index (χ0) is 63.3. The molecule has 1 saturated carbocycles. The van der Waals surface area contributed by atoms with Crippen LogP contribution in [0.2, 0.25) is 0 Å². The van der Waals surface area contributed by atoms with Crippen molar-refractivity contribution in [1.29, 1.82) is 0 Å². The van der Waals surface area contributed by atoms with Crippen LogP contribution >= 0.6 is 11.3 Å². The van der Waals surface area contributed by atoms with Gasteiger partial charge >= 0.3 is 12.1 Å². The molecule has 0 bridgehead atoms. The van der Waals surface area contributed by atoms with Crippen molar-refractivity contribution in [2.45, 2.75) is 167 Å². The second-order valence-electron chi connectivity index (χ2n) is 24.1. The smallest absolute Gasteiger partial charge is 0.475 e. The number of aryl methyl sites for hydroxylation is 2. The van der Waals surface area contributed by atoms with E-state index in [1.54, 1.807) is 17.5 Å². The molecule has 4 amide bonds. The molecule has 0 spiro atoms. The Morgan fingerprint density at radius 1 is 0.807 bits per heavy atom. The van der Waals surface area contributed by atoms with Gasteiger partial charge in [-0.3, -0.25) is 23.7 Å². The number of benzene rings is 3. The largest absolute Gasteiger partial charge is 0.490 e. The van der Waals surface area contributed by atoms with Gasteiger partial charge in [-0.2, -0.15) is 13.2 Å². The van der Waals surface area contributed by atoms with Crippen LogP contribution in [0.25, 0.3) is 49.9 Å². The summed E-state index contributed by atoms with van der Waals surface area (Å²) in [5.74, 6) is -2.58. The Bertz CT molecular complexity index is 3540. The predicted octanol–water partition coefficient (Wildman–Crippen LogP) is 11.1. The monoisotopic (exact) mass is 1230 g/mol. The van der Waals surface area contributed by atoms with Crippen LogP contribution in [-0.4, -0.2) is 107 Å². The molecule has 9 N–H and O–H groups in total. The zero-order valence-electron chi connectivity index (χ0n) is 50.5. The molecule has 4 atom stereocenters. The Kier molecular flexibility index (Phi) is 21.9. The molecule has 1 aliphatic carbocycles. The zero-order valence-corrected chi connectivity index (χ0v) is 51.4. The number of nitrogens with two attached hydrogens (primary N) is 2. The number of carboxylic acid groups (broad SMARTS) is 1. The number of carboxylic acids is 1. The number of pyridine rings is 2. The highest BCUT2D eigenvalue weighted by atomic mass is 32.1. The molecule has 0 radical (unpaired) electrons. The first-order chi connectivity index (χ1) is 41.9. The average molecular weight is 1230 g/mol. The summed E-state index contributed by atoms with van der Waals surface area (Å²) in [6, 6.07) is 30.3. The number of likely N-dealkylation sites (tertiary alicyclic amines) is 1. The highest BCUT2D eigenvalue weighted by Gasteiger charge is 2.45. The van der Waals surface area contributed by atoms with E-state index in [0.29, 0.717) is 49.5 Å². The van der Waals surface area contributed by atoms with Crippen molar-refractivity contribution in [2.75, 3.05) is 18.8 Å². The molecule has 0 unspecified atom stereocenters. The second kappa shape index (κ2) is 29.3. The van der Waals surface area contributed by atoms with Crippen molar-refractivity contribution in [3.8, 4) is 38.8 Å². The number of thiazole rings is 1. The van der Waals surface area contributed by atoms with Crippen molar-refractivity contribution in [2.24, 2.45) is 11.1 Å². The van der Waals surface area contributed by atoms with Gasteiger partial charge in [0.05, 0.1) is 39.5 Å². The average Bonchev–Trinajstić information content (AvgIpc) is 1.79. The molecule has 1 saturated heterocycles. The van der Waals surface area contributed by atoms with E-state index in [4.69, 9.17) is 31.3 Å². The second-order valence-corrected chi connectivity index (χ2v) is 25.0. The number of amides is 4. The maximum absolute atomic E-state index is 14.1. The summed E-state index contributed by atoms with van der Waals surface area (Å²) < 4.78 is 33.8. The topological polar surface area (TPSA) is 274 Å². The van der Waals surface area contributed by atoms with Crippen LogP contribution in [0, 0.1) is 12.3 Å². The Hall–Kier alpha value is -8.08. The van der Waals surface area contributed by atoms with Crippen LogP contribution < -0.4 is 27.4 Å². The third kappa shape index (κ3) is 17.0. The lowest BCUT2D eigenvalue weighted by Gasteiger charge is -2.38. The number of rotatable bonds is 24. The molecule has 3 aromatic carbocycles. The van der Waals surface area contributed by atoms with Gasteiger partial charge in [0, 0.05) is 55.3 Å². The van der Waals surface area contributed by atoms with E-state index in [9.17, 15) is 37.5 Å². The van der Waals surface area contributed by atoms with Gasteiger partial charge < -0.3 is 42.5 Å². The molecule has 5 heterocycles. The molecule has 7 aromatic rings. The fourth-order valence-corrected chi connectivity index (χ4v) is 11.9. The predicted molar refractivity (Wildman–Crippen MR) is 335 cm³/mol. The summed E-state index contributed by atoms with van der Waals surface area (Å²) in [5, 5.41) is 27.0. The minimum absolute atomic E-state index is 0.0240. The first-order valence-electron chi connectivity index (χ1n) is 30.1. The van der Waals surface area contributed by atoms with Gasteiger partial charge in [0.25, 0.3) is 0 Å². The van der Waals surface area contributed by atoms with Crippen LogP contribution in [0.5, 0.6) is 0 Å². The fourth-order valence-electron chi connectivity index (χ4n) is 11.1. The van der Waals surface area contributed by atoms with Crippen molar-refractivity contribution in [1.82, 2.24) is 45.4 Å². The van der Waals surface area contributed by atoms with Crippen molar-refractivity contribution < 1.29 is 47.4 Å². The Morgan fingerprint density at radius 3 is 2.11 bits per heavy atom. The number of carbonyl (C=O) groups excluding carboxylic acids is 4. The standard InChI is InChI=1S/C64H79N11O5S.C2HF3O2/c1-41(44-22-24-45(25-23-44)56-42(2)69-40-81-56)70-61(79)53-38-49(76)39-74(53)62(80)57(63(3,4)5)73-55(78)20-12-10-8-6-7-9-11-13-35-67-54(77)32-21-43-17-14-18-46(37-43)51-30-31-52-60(71-51)75(59(72-52)50-19-15-36-68-58(50)65)48-28-26-47(27-29-48)64(66)33-16-34-64;3-2(4,5)1(6)7/h14-15,17-19,22-31,36-37,40-41,49,53,57,76H,6-13,16,20-21,32-35,38-39,66H2,1-5H3,(H2,65,68)(H,67,77)(H,70,79)(H,73,78);(H,6,7)/t41-,49+,53-,57+;/m0./s1. The summed E-state index contributed by atoms with van der Waals surface area (Å²) in [6.07, 6.45) is 8.02. The summed E-state index contributed by atoms with van der Waals surface area (Å²) >= 11 is 1.58. The van der Waals surface area contributed by atoms with Gasteiger partial charge in [-0.05, 0) is 123 Å². The van der Waals surface area contributed by atoms with Gasteiger partial charge in [0.2, 0.25) is 23.6 Å². The van der Waals surface area contributed by atoms with Gasteiger partial charge in [0.1, 0.15) is 23.4 Å². The Morgan fingerprint density at radius 2 is 1.49 bits per heavy atom. The number of unbranched alkanes of at least 4 members (excludes halogenated alkanes) is 7. The number of anilines is 1. The van der Waals surface area contributed by atoms with E-state index in [1.165, 1.54) is 4.90 Å². The molecule has 18 nitrogen and oxygen atoms in total.